The summed E-state index contributed by atoms with van der Waals surface area (Å²) < 4.78 is 10.8. The van der Waals surface area contributed by atoms with Crippen molar-refractivity contribution in [2.24, 2.45) is 11.7 Å². The summed E-state index contributed by atoms with van der Waals surface area (Å²) in [5.74, 6) is 0.376. The Balaban J connectivity index is 2.45. The van der Waals surface area contributed by atoms with E-state index < -0.39 is 0 Å². The van der Waals surface area contributed by atoms with Crippen LogP contribution in [-0.2, 0) is 14.9 Å². The molecule has 0 aliphatic rings. The molecule has 1 aromatic carbocycles. The van der Waals surface area contributed by atoms with Crippen molar-refractivity contribution in [3.63, 3.8) is 0 Å². The molecule has 0 radical (unpaired) electrons. The van der Waals surface area contributed by atoms with Crippen molar-refractivity contribution in [2.45, 2.75) is 64.3 Å². The van der Waals surface area contributed by atoms with Gasteiger partial charge < -0.3 is 20.1 Å². The largest absolute Gasteiger partial charge is 0.449 e. The summed E-state index contributed by atoms with van der Waals surface area (Å²) in [6.07, 6.45) is 4.26. The van der Waals surface area contributed by atoms with Gasteiger partial charge in [0.2, 0.25) is 0 Å². The van der Waals surface area contributed by atoms with Crippen LogP contribution in [0.1, 0.15) is 58.4 Å². The number of rotatable bonds is 13. The predicted molar refractivity (Wildman–Crippen MR) is 121 cm³/mol. The molecule has 0 aliphatic heterocycles. The van der Waals surface area contributed by atoms with Crippen LogP contribution in [0.3, 0.4) is 0 Å². The molecule has 6 heteroatoms. The monoisotopic (exact) mass is 426 g/mol. The van der Waals surface area contributed by atoms with E-state index in [-0.39, 0.29) is 17.6 Å². The Morgan fingerprint density at radius 1 is 1.21 bits per heavy atom. The van der Waals surface area contributed by atoms with Gasteiger partial charge in [0.1, 0.15) is 0 Å². The van der Waals surface area contributed by atoms with Crippen molar-refractivity contribution in [3.05, 3.63) is 34.9 Å². The highest BCUT2D eigenvalue weighted by molar-refractivity contribution is 6.30. The van der Waals surface area contributed by atoms with Crippen LogP contribution in [0.4, 0.5) is 4.79 Å². The Morgan fingerprint density at radius 2 is 1.86 bits per heavy atom. The Kier molecular flexibility index (Phi) is 11.6. The quantitative estimate of drug-likeness (QED) is 0.468. The number of methoxy groups -OCH3 is 1. The van der Waals surface area contributed by atoms with Crippen LogP contribution >= 0.6 is 11.6 Å². The van der Waals surface area contributed by atoms with Crippen molar-refractivity contribution >= 4 is 17.7 Å². The van der Waals surface area contributed by atoms with Crippen molar-refractivity contribution < 1.29 is 14.3 Å². The molecule has 2 N–H and O–H groups in total. The molecule has 1 rings (SSSR count). The second-order valence-corrected chi connectivity index (χ2v) is 8.83. The van der Waals surface area contributed by atoms with E-state index in [2.05, 4.69) is 26.0 Å². The highest BCUT2D eigenvalue weighted by Gasteiger charge is 2.31. The summed E-state index contributed by atoms with van der Waals surface area (Å²) in [5.41, 5.74) is 7.48. The van der Waals surface area contributed by atoms with Gasteiger partial charge in [0, 0.05) is 38.4 Å². The predicted octanol–water partition coefficient (Wildman–Crippen LogP) is 5.25. The van der Waals surface area contributed by atoms with Gasteiger partial charge in [0.15, 0.2) is 0 Å². The first-order valence-corrected chi connectivity index (χ1v) is 11.0. The van der Waals surface area contributed by atoms with Gasteiger partial charge in [-0.25, -0.2) is 4.79 Å². The smallest absolute Gasteiger partial charge is 0.409 e. The van der Waals surface area contributed by atoms with Gasteiger partial charge in [-0.1, -0.05) is 50.9 Å². The molecular formula is C23H39ClN2O3. The van der Waals surface area contributed by atoms with E-state index in [0.29, 0.717) is 32.1 Å². The highest BCUT2D eigenvalue weighted by atomic mass is 35.5. The van der Waals surface area contributed by atoms with Crippen molar-refractivity contribution in [3.8, 4) is 0 Å². The average molecular weight is 427 g/mol. The highest BCUT2D eigenvalue weighted by Crippen LogP contribution is 2.35. The van der Waals surface area contributed by atoms with Crippen LogP contribution in [0.2, 0.25) is 5.02 Å². The van der Waals surface area contributed by atoms with E-state index in [4.69, 9.17) is 26.8 Å². The van der Waals surface area contributed by atoms with E-state index >= 15 is 0 Å². The third-order valence-electron chi connectivity index (χ3n) is 5.69. The fourth-order valence-corrected chi connectivity index (χ4v) is 3.70. The number of hydrogen-bond donors (Lipinski definition) is 1. The number of carbonyl (C=O) groups is 1. The van der Waals surface area contributed by atoms with Crippen molar-refractivity contribution in [1.82, 2.24) is 4.90 Å². The zero-order valence-corrected chi connectivity index (χ0v) is 19.5. The molecule has 1 amide bonds. The van der Waals surface area contributed by atoms with Crippen molar-refractivity contribution in [1.29, 1.82) is 0 Å². The number of halogens is 1. The zero-order chi connectivity index (χ0) is 21.9. The minimum atomic E-state index is -0.274. The lowest BCUT2D eigenvalue weighted by Gasteiger charge is -2.35. The third kappa shape index (κ3) is 8.93. The number of hydrogen-bond acceptors (Lipinski definition) is 4. The molecule has 0 spiro atoms. The Morgan fingerprint density at radius 3 is 2.45 bits per heavy atom. The molecule has 0 bridgehead atoms. The lowest BCUT2D eigenvalue weighted by Crippen LogP contribution is -2.33. The topological polar surface area (TPSA) is 64.8 Å². The first kappa shape index (κ1) is 25.7. The van der Waals surface area contributed by atoms with Gasteiger partial charge >= 0.3 is 6.09 Å². The maximum Gasteiger partial charge on any atom is 0.409 e. The van der Waals surface area contributed by atoms with Crippen LogP contribution in [0, 0.1) is 5.92 Å². The first-order valence-electron chi connectivity index (χ1n) is 10.6. The molecule has 0 heterocycles. The fourth-order valence-electron chi connectivity index (χ4n) is 3.57. The van der Waals surface area contributed by atoms with E-state index in [9.17, 15) is 4.79 Å². The number of benzene rings is 1. The van der Waals surface area contributed by atoms with E-state index in [0.717, 1.165) is 30.7 Å². The number of ether oxygens (including phenoxy) is 2. The molecule has 1 aromatic rings. The molecule has 0 aliphatic carbocycles. The zero-order valence-electron chi connectivity index (χ0n) is 18.7. The number of amides is 1. The molecular weight excluding hydrogens is 388 g/mol. The van der Waals surface area contributed by atoms with E-state index in [1.165, 1.54) is 5.56 Å². The lowest BCUT2D eigenvalue weighted by atomic mass is 9.71. The van der Waals surface area contributed by atoms with Crippen molar-refractivity contribution in [2.75, 3.05) is 33.9 Å². The third-order valence-corrected chi connectivity index (χ3v) is 5.94. The van der Waals surface area contributed by atoms with Crippen LogP contribution in [0.5, 0.6) is 0 Å². The summed E-state index contributed by atoms with van der Waals surface area (Å²) in [7, 11) is 3.50. The van der Waals surface area contributed by atoms with Gasteiger partial charge in [-0.05, 0) is 54.7 Å². The Hall–Kier alpha value is -1.30. The second-order valence-electron chi connectivity index (χ2n) is 8.40. The summed E-state index contributed by atoms with van der Waals surface area (Å²) in [4.78, 5) is 13.4. The van der Waals surface area contributed by atoms with Crippen LogP contribution in [-0.4, -0.2) is 51.0 Å². The van der Waals surface area contributed by atoms with Gasteiger partial charge in [-0.15, -0.1) is 0 Å². The van der Waals surface area contributed by atoms with Gasteiger partial charge in [-0.3, -0.25) is 0 Å². The average Bonchev–Trinajstić information content (AvgIpc) is 2.67. The minimum absolute atomic E-state index is 0.0237. The van der Waals surface area contributed by atoms with Gasteiger partial charge in [0.05, 0.1) is 6.61 Å². The molecule has 166 valence electrons. The molecule has 5 nitrogen and oxygen atoms in total. The summed E-state index contributed by atoms with van der Waals surface area (Å²) in [5, 5.41) is 0.750. The first-order chi connectivity index (χ1) is 13.7. The van der Waals surface area contributed by atoms with E-state index in [1.807, 2.05) is 19.1 Å². The Labute approximate surface area is 181 Å². The SMILES string of the molecule is CCCN(C)C(=O)OCCC(N)CCCC(COC)C(C)(C)c1ccc(Cl)cc1. The summed E-state index contributed by atoms with van der Waals surface area (Å²) in [6.45, 7) is 8.32. The van der Waals surface area contributed by atoms with Gasteiger partial charge in [0.25, 0.3) is 0 Å². The maximum atomic E-state index is 11.8. The second kappa shape index (κ2) is 13.1. The molecule has 0 fully saturated rings. The van der Waals surface area contributed by atoms with Crippen LogP contribution in [0.25, 0.3) is 0 Å². The molecule has 0 saturated heterocycles. The molecule has 2 atom stereocenters. The number of nitrogens with zero attached hydrogens (tertiary/aromatic N) is 1. The summed E-state index contributed by atoms with van der Waals surface area (Å²) in [6, 6.07) is 8.11. The maximum absolute atomic E-state index is 11.8. The van der Waals surface area contributed by atoms with Gasteiger partial charge in [-0.2, -0.15) is 0 Å². The van der Waals surface area contributed by atoms with Crippen LogP contribution < -0.4 is 5.73 Å². The fraction of sp³-hybridized carbons (Fsp3) is 0.696. The molecule has 2 unspecified atom stereocenters. The Bertz CT molecular complexity index is 592. The van der Waals surface area contributed by atoms with E-state index in [1.54, 1.807) is 19.1 Å². The number of carbonyl (C=O) groups excluding carboxylic acids is 1. The van der Waals surface area contributed by atoms with Crippen LogP contribution in [0.15, 0.2) is 24.3 Å². The normalized spacial score (nSPS) is 13.8. The molecule has 29 heavy (non-hydrogen) atoms. The lowest BCUT2D eigenvalue weighted by molar-refractivity contribution is 0.103. The molecule has 0 saturated carbocycles. The summed E-state index contributed by atoms with van der Waals surface area (Å²) >= 11 is 6.04. The molecule has 0 aromatic heterocycles. The number of nitrogens with two attached hydrogens (primary N) is 1. The standard InChI is InChI=1S/C23H39ClN2O3/c1-6-15-26(4)22(27)29-16-14-21(25)9-7-8-19(17-28-5)23(2,3)18-10-12-20(24)13-11-18/h10-13,19,21H,6-9,14-17,25H2,1-5H3. The minimum Gasteiger partial charge on any atom is -0.449 e.